The van der Waals surface area contributed by atoms with Gasteiger partial charge in [0.15, 0.2) is 5.76 Å². The van der Waals surface area contributed by atoms with Crippen molar-refractivity contribution < 1.29 is 28.3 Å². The molecule has 0 bridgehead atoms. The molecule has 1 saturated heterocycles. The number of rotatable bonds is 8. The normalized spacial score (nSPS) is 23.0. The van der Waals surface area contributed by atoms with Gasteiger partial charge in [0.05, 0.1) is 20.3 Å². The van der Waals surface area contributed by atoms with Crippen LogP contribution >= 0.6 is 0 Å². The van der Waals surface area contributed by atoms with Crippen LogP contribution < -0.4 is 0 Å². The first kappa shape index (κ1) is 20.4. The van der Waals surface area contributed by atoms with Gasteiger partial charge < -0.3 is 23.5 Å². The molecule has 28 heavy (non-hydrogen) atoms. The van der Waals surface area contributed by atoms with E-state index in [1.807, 2.05) is 37.3 Å². The molecule has 0 atom stereocenters. The summed E-state index contributed by atoms with van der Waals surface area (Å²) in [5.41, 5.74) is 1.56. The summed E-state index contributed by atoms with van der Waals surface area (Å²) in [6, 6.07) is 9.81. The van der Waals surface area contributed by atoms with Gasteiger partial charge in [0.2, 0.25) is 0 Å². The number of furan rings is 1. The maximum Gasteiger partial charge on any atom is 0.366 e. The van der Waals surface area contributed by atoms with E-state index in [4.69, 9.17) is 23.5 Å². The second-order valence-corrected chi connectivity index (χ2v) is 7.08. The van der Waals surface area contributed by atoms with E-state index in [1.165, 1.54) is 7.11 Å². The maximum absolute atomic E-state index is 11.6. The molecule has 1 aliphatic rings. The van der Waals surface area contributed by atoms with Gasteiger partial charge in [-0.2, -0.15) is 0 Å². The van der Waals surface area contributed by atoms with Crippen LogP contribution in [0.3, 0.4) is 0 Å². The molecule has 3 rings (SSSR count). The van der Waals surface area contributed by atoms with Crippen molar-refractivity contribution in [2.45, 2.75) is 38.9 Å². The van der Waals surface area contributed by atoms with E-state index in [1.54, 1.807) is 6.92 Å². The van der Waals surface area contributed by atoms with Crippen LogP contribution in [0.1, 0.15) is 38.9 Å². The lowest BCUT2D eigenvalue weighted by molar-refractivity contribution is -0.272. The van der Waals surface area contributed by atoms with Crippen molar-refractivity contribution in [3.63, 3.8) is 0 Å². The Kier molecular flexibility index (Phi) is 6.70. The van der Waals surface area contributed by atoms with Crippen molar-refractivity contribution in [2.24, 2.45) is 11.1 Å². The van der Waals surface area contributed by atoms with Crippen LogP contribution in [0.25, 0.3) is 11.0 Å². The Morgan fingerprint density at radius 1 is 1.25 bits per heavy atom. The van der Waals surface area contributed by atoms with Gasteiger partial charge in [-0.15, -0.1) is 0 Å². The minimum atomic E-state index is -1.28. The Morgan fingerprint density at radius 2 is 2.00 bits per heavy atom. The number of carbonyl (C=O) groups is 1. The molecular weight excluding hydrogens is 362 g/mol. The zero-order valence-corrected chi connectivity index (χ0v) is 16.6. The number of nitrogens with zero attached hydrogens (tertiary/aromatic N) is 1. The quantitative estimate of drug-likeness (QED) is 0.295. The average Bonchev–Trinajstić information content (AvgIpc) is 3.15. The maximum atomic E-state index is 11.6. The van der Waals surface area contributed by atoms with Crippen LogP contribution in [0.4, 0.5) is 0 Å². The molecule has 0 aliphatic carbocycles. The minimum absolute atomic E-state index is 0.263. The van der Waals surface area contributed by atoms with E-state index in [0.717, 1.165) is 30.2 Å². The van der Waals surface area contributed by atoms with E-state index >= 15 is 0 Å². The molecule has 2 aromatic rings. The zero-order valence-electron chi connectivity index (χ0n) is 16.6. The molecule has 7 nitrogen and oxygen atoms in total. The van der Waals surface area contributed by atoms with Gasteiger partial charge in [-0.3, -0.25) is 0 Å². The van der Waals surface area contributed by atoms with Gasteiger partial charge in [-0.1, -0.05) is 23.4 Å². The topological polar surface area (TPSA) is 79.5 Å². The standard InChI is InChI=1S/C21H27NO6/c1-15(19-12-17-9-4-5-10-18(17)28-19)22-27-11-7-6-8-16-13-25-21(2,26-14-16)20(23)24-3/h4-5,9-10,12,16H,6-8,11,13-14H2,1-3H3. The Labute approximate surface area is 164 Å². The lowest BCUT2D eigenvalue weighted by Crippen LogP contribution is -2.48. The Bertz CT molecular complexity index is 786. The van der Waals surface area contributed by atoms with Crippen molar-refractivity contribution in [1.29, 1.82) is 0 Å². The van der Waals surface area contributed by atoms with E-state index in [2.05, 4.69) is 5.16 Å². The minimum Gasteiger partial charge on any atom is -0.465 e. The van der Waals surface area contributed by atoms with Crippen molar-refractivity contribution >= 4 is 22.7 Å². The van der Waals surface area contributed by atoms with Gasteiger partial charge in [-0.05, 0) is 38.3 Å². The van der Waals surface area contributed by atoms with Crippen LogP contribution in [0, 0.1) is 5.92 Å². The van der Waals surface area contributed by atoms with Gasteiger partial charge in [0, 0.05) is 18.2 Å². The largest absolute Gasteiger partial charge is 0.465 e. The Hall–Kier alpha value is -2.38. The lowest BCUT2D eigenvalue weighted by atomic mass is 10.0. The zero-order chi connectivity index (χ0) is 20.0. The van der Waals surface area contributed by atoms with Crippen LogP contribution in [-0.2, 0) is 23.8 Å². The van der Waals surface area contributed by atoms with Gasteiger partial charge in [0.25, 0.3) is 5.79 Å². The van der Waals surface area contributed by atoms with E-state index < -0.39 is 11.8 Å². The number of hydrogen-bond donors (Lipinski definition) is 0. The average molecular weight is 389 g/mol. The number of benzene rings is 1. The molecular formula is C21H27NO6. The van der Waals surface area contributed by atoms with Crippen molar-refractivity contribution in [1.82, 2.24) is 0 Å². The molecule has 152 valence electrons. The highest BCUT2D eigenvalue weighted by molar-refractivity contribution is 5.99. The summed E-state index contributed by atoms with van der Waals surface area (Å²) < 4.78 is 21.6. The van der Waals surface area contributed by atoms with E-state index in [-0.39, 0.29) is 5.92 Å². The number of para-hydroxylation sites is 1. The van der Waals surface area contributed by atoms with E-state index in [9.17, 15) is 4.79 Å². The highest BCUT2D eigenvalue weighted by Crippen LogP contribution is 2.25. The predicted octanol–water partition coefficient (Wildman–Crippen LogP) is 3.90. The summed E-state index contributed by atoms with van der Waals surface area (Å²) in [5, 5.41) is 5.19. The molecule has 7 heteroatoms. The molecule has 1 aliphatic heterocycles. The molecule has 0 unspecified atom stereocenters. The third kappa shape index (κ3) is 4.91. The number of methoxy groups -OCH3 is 1. The third-order valence-corrected chi connectivity index (χ3v) is 4.83. The number of unbranched alkanes of at least 4 members (excludes halogenated alkanes) is 1. The molecule has 2 heterocycles. The second-order valence-electron chi connectivity index (χ2n) is 7.08. The molecule has 0 spiro atoms. The fourth-order valence-electron chi connectivity index (χ4n) is 3.06. The van der Waals surface area contributed by atoms with Gasteiger partial charge in [-0.25, -0.2) is 4.79 Å². The fourth-order valence-corrected chi connectivity index (χ4v) is 3.06. The van der Waals surface area contributed by atoms with Crippen LogP contribution in [0.15, 0.2) is 39.9 Å². The smallest absolute Gasteiger partial charge is 0.366 e. The summed E-state index contributed by atoms with van der Waals surface area (Å²) in [6.07, 6.45) is 2.78. The summed E-state index contributed by atoms with van der Waals surface area (Å²) in [7, 11) is 1.32. The molecule has 1 aromatic heterocycles. The van der Waals surface area contributed by atoms with Crippen molar-refractivity contribution in [3.8, 4) is 0 Å². The third-order valence-electron chi connectivity index (χ3n) is 4.83. The second kappa shape index (κ2) is 9.21. The van der Waals surface area contributed by atoms with Crippen LogP contribution in [-0.4, -0.2) is 44.4 Å². The summed E-state index contributed by atoms with van der Waals surface area (Å²) in [4.78, 5) is 17.0. The first-order valence-electron chi connectivity index (χ1n) is 9.53. The molecule has 0 saturated carbocycles. The number of esters is 1. The number of hydrogen-bond acceptors (Lipinski definition) is 7. The Balaban J connectivity index is 1.34. The number of carbonyl (C=O) groups excluding carboxylic acids is 1. The van der Waals surface area contributed by atoms with E-state index in [0.29, 0.717) is 31.3 Å². The first-order chi connectivity index (χ1) is 13.5. The monoisotopic (exact) mass is 389 g/mol. The summed E-state index contributed by atoms with van der Waals surface area (Å²) in [5.74, 6) is -0.807. The van der Waals surface area contributed by atoms with Crippen molar-refractivity contribution in [2.75, 3.05) is 26.9 Å². The molecule has 0 radical (unpaired) electrons. The summed E-state index contributed by atoms with van der Waals surface area (Å²) in [6.45, 7) is 4.95. The van der Waals surface area contributed by atoms with Crippen molar-refractivity contribution in [3.05, 3.63) is 36.1 Å². The number of oxime groups is 1. The fraction of sp³-hybridized carbons (Fsp3) is 0.524. The molecule has 0 amide bonds. The highest BCUT2D eigenvalue weighted by Gasteiger charge is 2.41. The number of ether oxygens (including phenoxy) is 3. The molecule has 1 aromatic carbocycles. The van der Waals surface area contributed by atoms with Crippen LogP contribution in [0.2, 0.25) is 0 Å². The first-order valence-corrected chi connectivity index (χ1v) is 9.53. The highest BCUT2D eigenvalue weighted by atomic mass is 16.7. The molecule has 1 fully saturated rings. The lowest BCUT2D eigenvalue weighted by Gasteiger charge is -2.35. The number of fused-ring (bicyclic) bond motifs is 1. The van der Waals surface area contributed by atoms with Gasteiger partial charge >= 0.3 is 5.97 Å². The van der Waals surface area contributed by atoms with Crippen LogP contribution in [0.5, 0.6) is 0 Å². The SMILES string of the molecule is COC(=O)C1(C)OCC(CCCCON=C(C)c2cc3ccccc3o2)CO1. The predicted molar refractivity (Wildman–Crippen MR) is 104 cm³/mol. The molecule has 0 N–H and O–H groups in total. The van der Waals surface area contributed by atoms with Gasteiger partial charge in [0.1, 0.15) is 17.9 Å². The Morgan fingerprint density at radius 3 is 2.71 bits per heavy atom. The summed E-state index contributed by atoms with van der Waals surface area (Å²) >= 11 is 0.